The quantitative estimate of drug-likeness (QED) is 0.800. The fourth-order valence-corrected chi connectivity index (χ4v) is 3.24. The number of aromatic nitrogens is 4. The summed E-state index contributed by atoms with van der Waals surface area (Å²) in [5, 5.41) is 1.06. The normalized spacial score (nSPS) is 11.2. The molecule has 3 rings (SSSR count). The number of anilines is 2. The Bertz CT molecular complexity index is 775. The molecule has 0 spiro atoms. The van der Waals surface area contributed by atoms with Gasteiger partial charge in [-0.2, -0.15) is 4.98 Å². The van der Waals surface area contributed by atoms with Gasteiger partial charge in [0.25, 0.3) is 0 Å². The van der Waals surface area contributed by atoms with E-state index in [1.54, 1.807) is 17.5 Å². The van der Waals surface area contributed by atoms with Crippen LogP contribution in [0.4, 0.5) is 11.8 Å². The molecule has 0 saturated carbocycles. The third-order valence-corrected chi connectivity index (χ3v) is 4.62. The highest BCUT2D eigenvalue weighted by molar-refractivity contribution is 7.18. The summed E-state index contributed by atoms with van der Waals surface area (Å²) in [7, 11) is 3.99. The van der Waals surface area contributed by atoms with Gasteiger partial charge in [0.1, 0.15) is 16.5 Å². The molecule has 0 saturated heterocycles. The first kappa shape index (κ1) is 13.8. The first-order valence-corrected chi connectivity index (χ1v) is 7.63. The molecule has 0 bridgehead atoms. The zero-order chi connectivity index (χ0) is 15.0. The van der Waals surface area contributed by atoms with Gasteiger partial charge < -0.3 is 15.2 Å². The molecule has 3 heterocycles. The Morgan fingerprint density at radius 3 is 2.86 bits per heavy atom. The molecular weight excluding hydrogens is 284 g/mol. The summed E-state index contributed by atoms with van der Waals surface area (Å²) < 4.78 is 2.00. The topological polar surface area (TPSA) is 72.9 Å². The monoisotopic (exact) mass is 302 g/mol. The van der Waals surface area contributed by atoms with Gasteiger partial charge in [-0.15, -0.1) is 11.3 Å². The molecule has 110 valence electrons. The smallest absolute Gasteiger partial charge is 0.223 e. The number of nitrogens with two attached hydrogens (primary N) is 1. The molecule has 0 fully saturated rings. The second kappa shape index (κ2) is 5.33. The first-order valence-electron chi connectivity index (χ1n) is 6.81. The second-order valence-electron chi connectivity index (χ2n) is 5.00. The summed E-state index contributed by atoms with van der Waals surface area (Å²) in [6.45, 7) is 2.81. The van der Waals surface area contributed by atoms with Crippen molar-refractivity contribution in [3.05, 3.63) is 29.2 Å². The van der Waals surface area contributed by atoms with E-state index in [4.69, 9.17) is 5.73 Å². The Morgan fingerprint density at radius 1 is 1.38 bits per heavy atom. The van der Waals surface area contributed by atoms with Crippen LogP contribution in [0.5, 0.6) is 0 Å². The van der Waals surface area contributed by atoms with Crippen molar-refractivity contribution in [3.63, 3.8) is 0 Å². The Balaban J connectivity index is 2.02. The van der Waals surface area contributed by atoms with Crippen LogP contribution >= 0.6 is 11.3 Å². The highest BCUT2D eigenvalue weighted by Crippen LogP contribution is 2.31. The van der Waals surface area contributed by atoms with Crippen molar-refractivity contribution in [2.75, 3.05) is 17.7 Å². The van der Waals surface area contributed by atoms with Gasteiger partial charge in [0.2, 0.25) is 5.95 Å². The van der Waals surface area contributed by atoms with E-state index >= 15 is 0 Å². The van der Waals surface area contributed by atoms with Crippen molar-refractivity contribution in [2.24, 2.45) is 7.05 Å². The number of hydrogen-bond acceptors (Lipinski definition) is 6. The average molecular weight is 302 g/mol. The molecular formula is C14H18N6S. The van der Waals surface area contributed by atoms with E-state index in [1.165, 1.54) is 4.88 Å². The van der Waals surface area contributed by atoms with Gasteiger partial charge in [-0.05, 0) is 12.5 Å². The summed E-state index contributed by atoms with van der Waals surface area (Å²) in [5.41, 5.74) is 5.85. The number of nitrogens with zero attached hydrogens (tertiary/aromatic N) is 5. The summed E-state index contributed by atoms with van der Waals surface area (Å²) in [5.74, 6) is 2.15. The summed E-state index contributed by atoms with van der Waals surface area (Å²) in [6.07, 6.45) is 4.73. The van der Waals surface area contributed by atoms with Crippen LogP contribution in [-0.4, -0.2) is 26.6 Å². The van der Waals surface area contributed by atoms with Crippen LogP contribution in [-0.2, 0) is 20.0 Å². The number of rotatable bonds is 4. The van der Waals surface area contributed by atoms with Crippen molar-refractivity contribution < 1.29 is 0 Å². The number of imidazole rings is 1. The van der Waals surface area contributed by atoms with E-state index in [2.05, 4.69) is 32.8 Å². The van der Waals surface area contributed by atoms with E-state index in [-0.39, 0.29) is 0 Å². The van der Waals surface area contributed by atoms with Crippen LogP contribution in [0.3, 0.4) is 0 Å². The predicted octanol–water partition coefficient (Wildman–Crippen LogP) is 2.21. The largest absolute Gasteiger partial charge is 0.368 e. The van der Waals surface area contributed by atoms with Crippen LogP contribution in [0.15, 0.2) is 18.5 Å². The lowest BCUT2D eigenvalue weighted by atomic mass is 10.3. The van der Waals surface area contributed by atoms with Crippen LogP contribution in [0.1, 0.15) is 17.6 Å². The molecule has 0 aliphatic rings. The van der Waals surface area contributed by atoms with Crippen LogP contribution in [0.25, 0.3) is 10.2 Å². The highest BCUT2D eigenvalue weighted by Gasteiger charge is 2.15. The van der Waals surface area contributed by atoms with Crippen LogP contribution in [0.2, 0.25) is 0 Å². The number of thiophene rings is 1. The molecule has 2 N–H and O–H groups in total. The molecule has 21 heavy (non-hydrogen) atoms. The second-order valence-corrected chi connectivity index (χ2v) is 6.12. The average Bonchev–Trinajstić information content (AvgIpc) is 3.04. The first-order chi connectivity index (χ1) is 10.1. The van der Waals surface area contributed by atoms with E-state index in [0.29, 0.717) is 12.5 Å². The lowest BCUT2D eigenvalue weighted by molar-refractivity contribution is 0.757. The molecule has 0 aromatic carbocycles. The molecule has 0 aliphatic carbocycles. The third-order valence-electron chi connectivity index (χ3n) is 3.45. The fraction of sp³-hybridized carbons (Fsp3) is 0.357. The Kier molecular flexibility index (Phi) is 3.50. The minimum Gasteiger partial charge on any atom is -0.368 e. The summed E-state index contributed by atoms with van der Waals surface area (Å²) in [4.78, 5) is 17.4. The van der Waals surface area contributed by atoms with Crippen molar-refractivity contribution in [1.82, 2.24) is 19.5 Å². The molecule has 0 radical (unpaired) electrons. The Hall–Kier alpha value is -2.15. The van der Waals surface area contributed by atoms with E-state index in [9.17, 15) is 0 Å². The molecule has 0 amide bonds. The van der Waals surface area contributed by atoms with E-state index in [1.807, 2.05) is 24.9 Å². The fourth-order valence-electron chi connectivity index (χ4n) is 2.27. The molecule has 0 unspecified atom stereocenters. The van der Waals surface area contributed by atoms with E-state index < -0.39 is 0 Å². The van der Waals surface area contributed by atoms with Gasteiger partial charge in [-0.25, -0.2) is 9.97 Å². The van der Waals surface area contributed by atoms with Gasteiger partial charge in [0, 0.05) is 31.4 Å². The summed E-state index contributed by atoms with van der Waals surface area (Å²) >= 11 is 1.68. The van der Waals surface area contributed by atoms with Gasteiger partial charge in [-0.1, -0.05) is 6.92 Å². The van der Waals surface area contributed by atoms with Gasteiger partial charge in [-0.3, -0.25) is 0 Å². The molecule has 6 nitrogen and oxygen atoms in total. The molecule has 3 aromatic heterocycles. The van der Waals surface area contributed by atoms with Crippen LogP contribution in [0, 0.1) is 0 Å². The maximum absolute atomic E-state index is 5.85. The number of nitrogen functional groups attached to an aromatic ring is 1. The maximum atomic E-state index is 5.85. The Labute approximate surface area is 127 Å². The lowest BCUT2D eigenvalue weighted by Gasteiger charge is -2.18. The zero-order valence-electron chi connectivity index (χ0n) is 12.4. The Morgan fingerprint density at radius 2 is 2.19 bits per heavy atom. The highest BCUT2D eigenvalue weighted by atomic mass is 32.1. The minimum atomic E-state index is 0.314. The maximum Gasteiger partial charge on any atom is 0.223 e. The zero-order valence-corrected chi connectivity index (χ0v) is 13.2. The van der Waals surface area contributed by atoms with Gasteiger partial charge in [0.15, 0.2) is 0 Å². The van der Waals surface area contributed by atoms with Crippen molar-refractivity contribution in [2.45, 2.75) is 19.9 Å². The van der Waals surface area contributed by atoms with Crippen LogP contribution < -0.4 is 10.6 Å². The number of hydrogen-bond donors (Lipinski definition) is 1. The molecule has 0 atom stereocenters. The van der Waals surface area contributed by atoms with Crippen molar-refractivity contribution >= 4 is 33.3 Å². The lowest BCUT2D eigenvalue weighted by Crippen LogP contribution is -2.20. The predicted molar refractivity (Wildman–Crippen MR) is 86.5 cm³/mol. The standard InChI is InChI=1S/C14H18N6S/c1-4-9-7-10-12(17-14(15)18-13(10)21-9)20(3)8-11-16-5-6-19(11)2/h5-7H,4,8H2,1-3H3,(H2,15,17,18). The SMILES string of the molecule is CCc1cc2c(N(C)Cc3nccn3C)nc(N)nc2s1. The minimum absolute atomic E-state index is 0.314. The molecule has 3 aromatic rings. The molecule has 7 heteroatoms. The molecule has 0 aliphatic heterocycles. The van der Waals surface area contributed by atoms with Gasteiger partial charge in [0.05, 0.1) is 11.9 Å². The van der Waals surface area contributed by atoms with Crippen molar-refractivity contribution in [3.8, 4) is 0 Å². The van der Waals surface area contributed by atoms with Crippen molar-refractivity contribution in [1.29, 1.82) is 0 Å². The van der Waals surface area contributed by atoms with E-state index in [0.717, 1.165) is 28.3 Å². The number of fused-ring (bicyclic) bond motifs is 1. The number of aryl methyl sites for hydroxylation is 2. The summed E-state index contributed by atoms with van der Waals surface area (Å²) in [6, 6.07) is 2.16. The third kappa shape index (κ3) is 2.56. The van der Waals surface area contributed by atoms with Gasteiger partial charge >= 0.3 is 0 Å².